The molecule has 0 amide bonds. The third kappa shape index (κ3) is 1.97. The van der Waals surface area contributed by atoms with Crippen LogP contribution in [0.4, 0.5) is 13.2 Å². The molecule has 15 heavy (non-hydrogen) atoms. The molecular formula is C9H10ClF3N2. The van der Waals surface area contributed by atoms with Gasteiger partial charge in [-0.25, -0.2) is 0 Å². The molecule has 0 N–H and O–H groups in total. The summed E-state index contributed by atoms with van der Waals surface area (Å²) < 4.78 is 39.2. The Kier molecular flexibility index (Phi) is 2.66. The lowest BCUT2D eigenvalue weighted by molar-refractivity contribution is -0.179. The Bertz CT molecular complexity index is 345. The van der Waals surface area contributed by atoms with Gasteiger partial charge in [-0.05, 0) is 6.42 Å². The van der Waals surface area contributed by atoms with Gasteiger partial charge in [0.2, 0.25) is 0 Å². The van der Waals surface area contributed by atoms with Crippen molar-refractivity contribution < 1.29 is 13.2 Å². The molecule has 0 fully saturated rings. The van der Waals surface area contributed by atoms with E-state index < -0.39 is 12.1 Å². The molecular weight excluding hydrogens is 229 g/mol. The maximum atomic E-state index is 12.5. The molecule has 2 rings (SSSR count). The minimum Gasteiger partial charge on any atom is -0.269 e. The van der Waals surface area contributed by atoms with Crippen molar-refractivity contribution in [3.63, 3.8) is 0 Å². The van der Waals surface area contributed by atoms with Crippen LogP contribution in [0.1, 0.15) is 17.7 Å². The number of aryl methyl sites for hydroxylation is 1. The van der Waals surface area contributed by atoms with Gasteiger partial charge < -0.3 is 0 Å². The lowest BCUT2D eigenvalue weighted by atomic mass is 9.94. The third-order valence-corrected chi connectivity index (χ3v) is 3.06. The van der Waals surface area contributed by atoms with Gasteiger partial charge in [0, 0.05) is 24.2 Å². The van der Waals surface area contributed by atoms with E-state index in [1.54, 1.807) is 10.9 Å². The highest BCUT2D eigenvalue weighted by Crippen LogP contribution is 2.35. The molecule has 0 radical (unpaired) electrons. The summed E-state index contributed by atoms with van der Waals surface area (Å²) in [6.07, 6.45) is -2.44. The molecule has 1 aliphatic heterocycles. The number of aromatic nitrogens is 2. The second-order valence-electron chi connectivity index (χ2n) is 3.70. The molecule has 1 aliphatic rings. The Hall–Kier alpha value is -0.710. The predicted octanol–water partition coefficient (Wildman–Crippen LogP) is 2.75. The largest absolute Gasteiger partial charge is 0.392 e. The van der Waals surface area contributed by atoms with E-state index in [2.05, 4.69) is 5.10 Å². The second-order valence-corrected chi connectivity index (χ2v) is 3.97. The van der Waals surface area contributed by atoms with Crippen LogP contribution in [0.15, 0.2) is 6.20 Å². The van der Waals surface area contributed by atoms with Gasteiger partial charge in [0.1, 0.15) is 0 Å². The van der Waals surface area contributed by atoms with E-state index in [0.29, 0.717) is 17.8 Å². The summed E-state index contributed by atoms with van der Waals surface area (Å²) in [6, 6.07) is 0. The maximum Gasteiger partial charge on any atom is 0.392 e. The minimum absolute atomic E-state index is 0.00551. The van der Waals surface area contributed by atoms with Gasteiger partial charge in [-0.15, -0.1) is 11.6 Å². The molecule has 1 aromatic rings. The Morgan fingerprint density at radius 1 is 1.53 bits per heavy atom. The zero-order chi connectivity index (χ0) is 11.1. The van der Waals surface area contributed by atoms with E-state index >= 15 is 0 Å². The van der Waals surface area contributed by atoms with Crippen molar-refractivity contribution in [2.75, 3.05) is 0 Å². The van der Waals surface area contributed by atoms with Gasteiger partial charge >= 0.3 is 6.18 Å². The average Bonchev–Trinajstić information content (AvgIpc) is 2.57. The van der Waals surface area contributed by atoms with Crippen LogP contribution in [0.2, 0.25) is 0 Å². The molecule has 0 saturated carbocycles. The normalized spacial score (nSPS) is 21.5. The average molecular weight is 239 g/mol. The molecule has 0 aromatic carbocycles. The van der Waals surface area contributed by atoms with Crippen molar-refractivity contribution in [3.05, 3.63) is 17.5 Å². The molecule has 0 aliphatic carbocycles. The molecule has 0 bridgehead atoms. The van der Waals surface area contributed by atoms with E-state index in [1.165, 1.54) is 0 Å². The topological polar surface area (TPSA) is 17.8 Å². The highest BCUT2D eigenvalue weighted by molar-refractivity contribution is 6.17. The van der Waals surface area contributed by atoms with Crippen LogP contribution in [-0.2, 0) is 18.8 Å². The molecule has 84 valence electrons. The summed E-state index contributed by atoms with van der Waals surface area (Å²) in [7, 11) is 0. The summed E-state index contributed by atoms with van der Waals surface area (Å²) in [5.41, 5.74) is 1.35. The van der Waals surface area contributed by atoms with Gasteiger partial charge in [-0.2, -0.15) is 18.3 Å². The van der Waals surface area contributed by atoms with E-state index in [4.69, 9.17) is 11.6 Å². The number of nitrogens with zero attached hydrogens (tertiary/aromatic N) is 2. The Balaban J connectivity index is 2.25. The second kappa shape index (κ2) is 3.70. The Labute approximate surface area is 90.0 Å². The van der Waals surface area contributed by atoms with Crippen LogP contribution >= 0.6 is 11.6 Å². The SMILES string of the molecule is FC(F)(F)C1CCn2ncc(CCl)c2C1. The number of halogens is 4. The number of fused-ring (bicyclic) bond motifs is 1. The molecule has 1 aromatic heterocycles. The van der Waals surface area contributed by atoms with Crippen LogP contribution < -0.4 is 0 Å². The zero-order valence-electron chi connectivity index (χ0n) is 7.89. The molecule has 0 saturated heterocycles. The van der Waals surface area contributed by atoms with Crippen LogP contribution in [0.5, 0.6) is 0 Å². The van der Waals surface area contributed by atoms with E-state index in [9.17, 15) is 13.2 Å². The molecule has 6 heteroatoms. The van der Waals surface area contributed by atoms with Gasteiger partial charge in [-0.3, -0.25) is 4.68 Å². The summed E-state index contributed by atoms with van der Waals surface area (Å²) in [5, 5.41) is 4.01. The van der Waals surface area contributed by atoms with Crippen LogP contribution in [-0.4, -0.2) is 16.0 Å². The highest BCUT2D eigenvalue weighted by Gasteiger charge is 2.41. The molecule has 1 unspecified atom stereocenters. The summed E-state index contributed by atoms with van der Waals surface area (Å²) >= 11 is 5.63. The molecule has 1 atom stereocenters. The number of alkyl halides is 4. The van der Waals surface area contributed by atoms with Gasteiger partial charge in [0.15, 0.2) is 0 Å². The molecule has 0 spiro atoms. The number of rotatable bonds is 1. The van der Waals surface area contributed by atoms with Crippen molar-refractivity contribution in [3.8, 4) is 0 Å². The van der Waals surface area contributed by atoms with E-state index in [-0.39, 0.29) is 18.7 Å². The zero-order valence-corrected chi connectivity index (χ0v) is 8.65. The molecule has 2 nitrogen and oxygen atoms in total. The van der Waals surface area contributed by atoms with E-state index in [0.717, 1.165) is 0 Å². The first-order valence-corrected chi connectivity index (χ1v) is 5.22. The van der Waals surface area contributed by atoms with Gasteiger partial charge in [0.05, 0.1) is 18.0 Å². The van der Waals surface area contributed by atoms with Crippen molar-refractivity contribution in [1.82, 2.24) is 9.78 Å². The quantitative estimate of drug-likeness (QED) is 0.688. The lowest BCUT2D eigenvalue weighted by Gasteiger charge is -2.25. The lowest BCUT2D eigenvalue weighted by Crippen LogP contribution is -2.31. The maximum absolute atomic E-state index is 12.5. The van der Waals surface area contributed by atoms with E-state index in [1.807, 2.05) is 0 Å². The summed E-state index contributed by atoms with van der Waals surface area (Å²) in [6.45, 7) is 0.330. The predicted molar refractivity (Wildman–Crippen MR) is 49.7 cm³/mol. The number of hydrogen-bond acceptors (Lipinski definition) is 1. The van der Waals surface area contributed by atoms with Crippen molar-refractivity contribution in [1.29, 1.82) is 0 Å². The first kappa shape index (κ1) is 10.8. The van der Waals surface area contributed by atoms with Gasteiger partial charge in [-0.1, -0.05) is 0 Å². The van der Waals surface area contributed by atoms with Crippen LogP contribution in [0.25, 0.3) is 0 Å². The monoisotopic (exact) mass is 238 g/mol. The summed E-state index contributed by atoms with van der Waals surface area (Å²) in [4.78, 5) is 0. The van der Waals surface area contributed by atoms with Crippen LogP contribution in [0.3, 0.4) is 0 Å². The van der Waals surface area contributed by atoms with Gasteiger partial charge in [0.25, 0.3) is 0 Å². The first-order chi connectivity index (χ1) is 7.02. The standard InChI is InChI=1S/C9H10ClF3N2/c10-4-6-5-14-15-2-1-7(3-8(6)15)9(11,12)13/h5,7H,1-4H2. The van der Waals surface area contributed by atoms with Crippen molar-refractivity contribution in [2.45, 2.75) is 31.4 Å². The first-order valence-electron chi connectivity index (χ1n) is 4.68. The fourth-order valence-electron chi connectivity index (χ4n) is 1.88. The van der Waals surface area contributed by atoms with Crippen molar-refractivity contribution >= 4 is 11.6 Å². The number of hydrogen-bond donors (Lipinski definition) is 0. The molecule has 2 heterocycles. The third-order valence-electron chi connectivity index (χ3n) is 2.77. The highest BCUT2D eigenvalue weighted by atomic mass is 35.5. The van der Waals surface area contributed by atoms with Crippen molar-refractivity contribution in [2.24, 2.45) is 5.92 Å². The fraction of sp³-hybridized carbons (Fsp3) is 0.667. The smallest absolute Gasteiger partial charge is 0.269 e. The Morgan fingerprint density at radius 2 is 2.27 bits per heavy atom. The minimum atomic E-state index is -4.11. The summed E-state index contributed by atoms with van der Waals surface area (Å²) in [5.74, 6) is -1.02. The van der Waals surface area contributed by atoms with Crippen LogP contribution in [0, 0.1) is 5.92 Å². The fourth-order valence-corrected chi connectivity index (χ4v) is 2.11. The Morgan fingerprint density at radius 3 is 2.87 bits per heavy atom.